The molecule has 3 aromatic rings. The summed E-state index contributed by atoms with van der Waals surface area (Å²) in [5.74, 6) is 0. The molecule has 2 aromatic carbocycles. The first-order valence-corrected chi connectivity index (χ1v) is 7.46. The van der Waals surface area contributed by atoms with E-state index in [2.05, 4.69) is 25.9 Å². The molecule has 0 aliphatic heterocycles. The molecule has 6 heteroatoms. The Balaban J connectivity index is 2.06. The van der Waals surface area contributed by atoms with Gasteiger partial charge in [-0.25, -0.2) is 4.79 Å². The van der Waals surface area contributed by atoms with Crippen LogP contribution in [-0.4, -0.2) is 9.97 Å². The molecule has 0 aliphatic rings. The highest BCUT2D eigenvalue weighted by Crippen LogP contribution is 2.35. The van der Waals surface area contributed by atoms with E-state index in [4.69, 9.17) is 23.2 Å². The highest BCUT2D eigenvalue weighted by atomic mass is 79.9. The molecule has 102 valence electrons. The lowest BCUT2D eigenvalue weighted by atomic mass is 10.0. The quantitative estimate of drug-likeness (QED) is 0.635. The monoisotopic (exact) mass is 370 g/mol. The summed E-state index contributed by atoms with van der Waals surface area (Å²) >= 11 is 16.1. The van der Waals surface area contributed by atoms with Gasteiger partial charge in [0.05, 0.1) is 16.4 Å². The Morgan fingerprint density at radius 1 is 1.05 bits per heavy atom. The zero-order valence-electron chi connectivity index (χ0n) is 10.1. The normalized spacial score (nSPS) is 12.8. The van der Waals surface area contributed by atoms with Crippen molar-refractivity contribution < 1.29 is 0 Å². The molecule has 0 amide bonds. The van der Waals surface area contributed by atoms with Gasteiger partial charge in [0.2, 0.25) is 0 Å². The van der Waals surface area contributed by atoms with Crippen molar-refractivity contribution in [3.8, 4) is 0 Å². The molecule has 1 unspecified atom stereocenters. The Morgan fingerprint density at radius 2 is 1.80 bits per heavy atom. The van der Waals surface area contributed by atoms with Crippen molar-refractivity contribution in [2.24, 2.45) is 0 Å². The van der Waals surface area contributed by atoms with Crippen molar-refractivity contribution in [2.75, 3.05) is 0 Å². The molecule has 2 N–H and O–H groups in total. The maximum absolute atomic E-state index is 11.3. The summed E-state index contributed by atoms with van der Waals surface area (Å²) in [5, 5.41) is 0.223. The first kappa shape index (κ1) is 13.7. The van der Waals surface area contributed by atoms with Crippen LogP contribution in [-0.2, 0) is 0 Å². The van der Waals surface area contributed by atoms with Gasteiger partial charge in [0.15, 0.2) is 0 Å². The number of aromatic nitrogens is 2. The molecule has 1 atom stereocenters. The molecular weight excluding hydrogens is 363 g/mol. The van der Waals surface area contributed by atoms with Gasteiger partial charge in [-0.3, -0.25) is 0 Å². The van der Waals surface area contributed by atoms with E-state index < -0.39 is 0 Å². The summed E-state index contributed by atoms with van der Waals surface area (Å²) < 4.78 is 0.903. The molecule has 0 saturated heterocycles. The van der Waals surface area contributed by atoms with Crippen LogP contribution in [0, 0.1) is 0 Å². The van der Waals surface area contributed by atoms with Crippen LogP contribution in [0.1, 0.15) is 16.5 Å². The zero-order chi connectivity index (χ0) is 14.3. The fourth-order valence-electron chi connectivity index (χ4n) is 2.09. The number of fused-ring (bicyclic) bond motifs is 1. The molecule has 0 spiro atoms. The third-order valence-electron chi connectivity index (χ3n) is 3.07. The maximum Gasteiger partial charge on any atom is 0.323 e. The van der Waals surface area contributed by atoms with Crippen LogP contribution in [0.4, 0.5) is 0 Å². The highest BCUT2D eigenvalue weighted by molar-refractivity contribution is 9.10. The summed E-state index contributed by atoms with van der Waals surface area (Å²) in [4.78, 5) is 16.7. The molecular formula is C14H9BrCl2N2O. The second-order valence-corrected chi connectivity index (χ2v) is 6.17. The Kier molecular flexibility index (Phi) is 3.63. The van der Waals surface area contributed by atoms with E-state index in [1.54, 1.807) is 0 Å². The molecule has 1 heterocycles. The SMILES string of the molecule is O=c1[nH]c2ccc(C(Cl)c3ccc(Br)cc3Cl)cc2[nH]1. The van der Waals surface area contributed by atoms with E-state index in [9.17, 15) is 4.79 Å². The minimum atomic E-state index is -0.376. The molecule has 3 nitrogen and oxygen atoms in total. The molecule has 0 radical (unpaired) electrons. The van der Waals surface area contributed by atoms with Crippen molar-refractivity contribution in [3.05, 3.63) is 67.5 Å². The largest absolute Gasteiger partial charge is 0.323 e. The average Bonchev–Trinajstić information content (AvgIpc) is 2.77. The van der Waals surface area contributed by atoms with Gasteiger partial charge >= 0.3 is 5.69 Å². The average molecular weight is 372 g/mol. The Labute approximate surface area is 133 Å². The molecule has 1 aromatic heterocycles. The summed E-state index contributed by atoms with van der Waals surface area (Å²) in [7, 11) is 0. The van der Waals surface area contributed by atoms with E-state index in [-0.39, 0.29) is 11.1 Å². The second-order valence-electron chi connectivity index (χ2n) is 4.41. The fraction of sp³-hybridized carbons (Fsp3) is 0.0714. The van der Waals surface area contributed by atoms with Crippen molar-refractivity contribution in [1.29, 1.82) is 0 Å². The predicted octanol–water partition coefficient (Wildman–Crippen LogP) is 4.60. The van der Waals surface area contributed by atoms with Gasteiger partial charge in [0.25, 0.3) is 0 Å². The standard InChI is InChI=1S/C14H9BrCl2N2O/c15-8-2-3-9(10(16)6-8)13(17)7-1-4-11-12(5-7)19-14(20)18-11/h1-6,13H,(H2,18,19,20). The number of halogens is 3. The van der Waals surface area contributed by atoms with Gasteiger partial charge in [0, 0.05) is 9.50 Å². The van der Waals surface area contributed by atoms with E-state index in [0.29, 0.717) is 5.02 Å². The Hall–Kier alpha value is -1.23. The highest BCUT2D eigenvalue weighted by Gasteiger charge is 2.15. The van der Waals surface area contributed by atoms with E-state index in [1.165, 1.54) is 0 Å². The summed E-state index contributed by atoms with van der Waals surface area (Å²) in [6.45, 7) is 0. The van der Waals surface area contributed by atoms with Crippen molar-refractivity contribution >= 4 is 50.2 Å². The minimum absolute atomic E-state index is 0.232. The number of hydrogen-bond donors (Lipinski definition) is 2. The molecule has 0 aliphatic carbocycles. The van der Waals surface area contributed by atoms with Gasteiger partial charge in [-0.1, -0.05) is 39.7 Å². The lowest BCUT2D eigenvalue weighted by molar-refractivity contribution is 1.14. The van der Waals surface area contributed by atoms with E-state index in [1.807, 2.05) is 36.4 Å². The third kappa shape index (κ3) is 2.51. The zero-order valence-corrected chi connectivity index (χ0v) is 13.2. The second kappa shape index (κ2) is 5.28. The molecule has 0 fully saturated rings. The molecule has 0 bridgehead atoms. The van der Waals surface area contributed by atoms with Crippen molar-refractivity contribution in [3.63, 3.8) is 0 Å². The summed E-state index contributed by atoms with van der Waals surface area (Å²) in [5.41, 5.74) is 2.95. The Bertz CT molecular complexity index is 841. The van der Waals surface area contributed by atoms with Crippen LogP contribution in [0.25, 0.3) is 11.0 Å². The van der Waals surface area contributed by atoms with Crippen LogP contribution >= 0.6 is 39.1 Å². The molecule has 3 rings (SSSR count). The summed E-state index contributed by atoms with van der Waals surface area (Å²) in [6, 6.07) is 11.1. The van der Waals surface area contributed by atoms with Crippen LogP contribution in [0.3, 0.4) is 0 Å². The van der Waals surface area contributed by atoms with Gasteiger partial charge in [0.1, 0.15) is 0 Å². The van der Waals surface area contributed by atoms with E-state index in [0.717, 1.165) is 26.6 Å². The summed E-state index contributed by atoms with van der Waals surface area (Å²) in [6.07, 6.45) is 0. The predicted molar refractivity (Wildman–Crippen MR) is 85.8 cm³/mol. The minimum Gasteiger partial charge on any atom is -0.306 e. The number of H-pyrrole nitrogens is 2. The fourth-order valence-corrected chi connectivity index (χ4v) is 3.26. The van der Waals surface area contributed by atoms with Crippen LogP contribution in [0.15, 0.2) is 45.7 Å². The maximum atomic E-state index is 11.3. The molecule has 20 heavy (non-hydrogen) atoms. The lowest BCUT2D eigenvalue weighted by Gasteiger charge is -2.12. The van der Waals surface area contributed by atoms with Crippen LogP contribution in [0.2, 0.25) is 5.02 Å². The number of aromatic amines is 2. The first-order valence-electron chi connectivity index (χ1n) is 5.85. The number of rotatable bonds is 2. The van der Waals surface area contributed by atoms with Crippen molar-refractivity contribution in [2.45, 2.75) is 5.38 Å². The number of nitrogens with one attached hydrogen (secondary N) is 2. The van der Waals surface area contributed by atoms with Crippen LogP contribution in [0.5, 0.6) is 0 Å². The Morgan fingerprint density at radius 3 is 2.55 bits per heavy atom. The number of alkyl halides is 1. The van der Waals surface area contributed by atoms with Gasteiger partial charge in [-0.2, -0.15) is 0 Å². The first-order chi connectivity index (χ1) is 9.54. The van der Waals surface area contributed by atoms with Gasteiger partial charge in [-0.15, -0.1) is 11.6 Å². The van der Waals surface area contributed by atoms with Gasteiger partial charge in [-0.05, 0) is 35.4 Å². The smallest absolute Gasteiger partial charge is 0.306 e. The molecule has 0 saturated carbocycles. The third-order valence-corrected chi connectivity index (χ3v) is 4.38. The van der Waals surface area contributed by atoms with E-state index >= 15 is 0 Å². The topological polar surface area (TPSA) is 48.6 Å². The number of hydrogen-bond acceptors (Lipinski definition) is 1. The lowest BCUT2D eigenvalue weighted by Crippen LogP contribution is -1.99. The van der Waals surface area contributed by atoms with Crippen molar-refractivity contribution in [1.82, 2.24) is 9.97 Å². The number of imidazole rings is 1. The number of benzene rings is 2. The van der Waals surface area contributed by atoms with Gasteiger partial charge < -0.3 is 9.97 Å². The van der Waals surface area contributed by atoms with Crippen LogP contribution < -0.4 is 5.69 Å².